The van der Waals surface area contributed by atoms with Gasteiger partial charge in [0.1, 0.15) is 6.54 Å². The molecule has 1 aromatic rings. The molecule has 5 rings (SSSR count). The number of H-pyrrole nitrogens is 1. The van der Waals surface area contributed by atoms with Crippen LogP contribution in [0, 0.1) is 29.6 Å². The Bertz CT molecular complexity index is 950. The van der Waals surface area contributed by atoms with E-state index in [0.29, 0.717) is 0 Å². The molecule has 3 heterocycles. The van der Waals surface area contributed by atoms with E-state index in [1.807, 2.05) is 0 Å². The fourth-order valence-electron chi connectivity index (χ4n) is 6.21. The van der Waals surface area contributed by atoms with Crippen molar-refractivity contribution in [2.75, 3.05) is 13.2 Å². The fraction of sp³-hybridized carbons (Fsp3) is 0.684. The second-order valence-electron chi connectivity index (χ2n) is 8.69. The fourth-order valence-corrected chi connectivity index (χ4v) is 9.36. The highest BCUT2D eigenvalue weighted by Crippen LogP contribution is 2.68. The Morgan fingerprint density at radius 1 is 1.21 bits per heavy atom. The van der Waals surface area contributed by atoms with E-state index in [2.05, 4.69) is 18.8 Å². The summed E-state index contributed by atoms with van der Waals surface area (Å²) in [4.78, 5) is 55.1. The van der Waals surface area contributed by atoms with E-state index in [9.17, 15) is 19.2 Å². The summed E-state index contributed by atoms with van der Waals surface area (Å²) in [6.45, 7) is 5.95. The van der Waals surface area contributed by atoms with Gasteiger partial charge in [-0.05, 0) is 31.1 Å². The van der Waals surface area contributed by atoms with Crippen LogP contribution in [0.1, 0.15) is 32.1 Å². The van der Waals surface area contributed by atoms with E-state index >= 15 is 0 Å². The molecular weight excluding hydrogens is 400 g/mol. The van der Waals surface area contributed by atoms with Crippen molar-refractivity contribution < 1.29 is 19.1 Å². The Labute approximate surface area is 170 Å². The molecule has 28 heavy (non-hydrogen) atoms. The number of amides is 2. The van der Waals surface area contributed by atoms with Gasteiger partial charge in [0.15, 0.2) is 0 Å². The van der Waals surface area contributed by atoms with Gasteiger partial charge in [-0.2, -0.15) is 0 Å². The lowest BCUT2D eigenvalue weighted by molar-refractivity contribution is -0.153. The number of carbonyl (C=O) groups is 3. The number of nitrogens with one attached hydrogen (secondary N) is 1. The van der Waals surface area contributed by atoms with E-state index in [0.717, 1.165) is 21.2 Å². The van der Waals surface area contributed by atoms with Crippen molar-refractivity contribution in [1.82, 2.24) is 9.88 Å². The van der Waals surface area contributed by atoms with Gasteiger partial charge in [0.2, 0.25) is 11.8 Å². The Morgan fingerprint density at radius 2 is 1.89 bits per heavy atom. The molecule has 4 aliphatic rings. The quantitative estimate of drug-likeness (QED) is 0.587. The molecule has 1 saturated heterocycles. The summed E-state index contributed by atoms with van der Waals surface area (Å²) in [6.07, 6.45) is 0.866. The number of aromatic amines is 1. The molecule has 7 nitrogen and oxygen atoms in total. The second kappa shape index (κ2) is 5.95. The zero-order valence-electron chi connectivity index (χ0n) is 15.9. The molecule has 0 unspecified atom stereocenters. The van der Waals surface area contributed by atoms with Crippen LogP contribution < -0.4 is 4.87 Å². The van der Waals surface area contributed by atoms with Crippen LogP contribution >= 0.6 is 23.1 Å². The van der Waals surface area contributed by atoms with Gasteiger partial charge in [-0.25, -0.2) is 0 Å². The number of likely N-dealkylation sites (tertiary alicyclic amines) is 1. The predicted octanol–water partition coefficient (Wildman–Crippen LogP) is 1.62. The topological polar surface area (TPSA) is 96.5 Å². The lowest BCUT2D eigenvalue weighted by atomic mass is 9.64. The molecule has 1 N–H and O–H groups in total. The standard InChI is InChI=1S/C19H22N2O5S2/c1-4-26-9(22)6-21-16(23)10-7-5-8(11(10)17(21)24)13-12(7)19(2,3)14-15(27-13)20-18(25)28-14/h7-8,10-13H,4-6H2,1-3H3,(H,20,25)/t7-,8-,10-,11+,12+,13+/m0/s1. The summed E-state index contributed by atoms with van der Waals surface area (Å²) in [6, 6.07) is 0. The molecule has 6 atom stereocenters. The van der Waals surface area contributed by atoms with Gasteiger partial charge in [0.05, 0.1) is 23.5 Å². The van der Waals surface area contributed by atoms with Crippen LogP contribution in [0.5, 0.6) is 0 Å². The lowest BCUT2D eigenvalue weighted by Gasteiger charge is -2.47. The van der Waals surface area contributed by atoms with Crippen molar-refractivity contribution in [3.63, 3.8) is 0 Å². The Balaban J connectivity index is 1.49. The van der Waals surface area contributed by atoms with E-state index in [1.54, 1.807) is 18.7 Å². The Hall–Kier alpha value is -1.61. The average molecular weight is 423 g/mol. The number of nitrogens with zero attached hydrogens (tertiary/aromatic N) is 1. The number of hydrogen-bond acceptors (Lipinski definition) is 7. The largest absolute Gasteiger partial charge is 0.465 e. The van der Waals surface area contributed by atoms with Gasteiger partial charge in [0, 0.05) is 15.5 Å². The highest BCUT2D eigenvalue weighted by atomic mass is 32.2. The van der Waals surface area contributed by atoms with E-state index in [-0.39, 0.29) is 70.1 Å². The number of imide groups is 1. The summed E-state index contributed by atoms with van der Waals surface area (Å²) >= 11 is 2.93. The highest BCUT2D eigenvalue weighted by Gasteiger charge is 2.70. The first-order valence-electron chi connectivity index (χ1n) is 9.66. The van der Waals surface area contributed by atoms with Crippen molar-refractivity contribution >= 4 is 40.9 Å². The lowest BCUT2D eigenvalue weighted by Crippen LogP contribution is -2.48. The van der Waals surface area contributed by atoms with E-state index in [1.165, 1.54) is 11.3 Å². The SMILES string of the molecule is CCOC(=O)CN1C(=O)[C@@H]2[C@@H]3C[C@@H]([C@@H]2C1=O)[C@@H]1[C@@H]3Sc2[nH]c(=O)sc2C1(C)C. The van der Waals surface area contributed by atoms with Gasteiger partial charge in [-0.1, -0.05) is 25.2 Å². The van der Waals surface area contributed by atoms with Crippen LogP contribution in [-0.4, -0.2) is 46.1 Å². The van der Waals surface area contributed by atoms with Gasteiger partial charge >= 0.3 is 10.8 Å². The van der Waals surface area contributed by atoms with Crippen molar-refractivity contribution in [3.05, 3.63) is 14.5 Å². The molecule has 2 aliphatic heterocycles. The monoisotopic (exact) mass is 422 g/mol. The van der Waals surface area contributed by atoms with Crippen LogP contribution in [0.15, 0.2) is 9.82 Å². The second-order valence-corrected chi connectivity index (χ2v) is 10.9. The normalized spacial score (nSPS) is 37.0. The number of carbonyl (C=O) groups excluding carboxylic acids is 3. The Morgan fingerprint density at radius 3 is 2.57 bits per heavy atom. The smallest absolute Gasteiger partial charge is 0.326 e. The molecule has 150 valence electrons. The average Bonchev–Trinajstić information content (AvgIpc) is 3.33. The number of thiazole rings is 1. The molecule has 0 radical (unpaired) electrons. The molecule has 2 bridgehead atoms. The maximum atomic E-state index is 13.1. The van der Waals surface area contributed by atoms with E-state index < -0.39 is 5.97 Å². The summed E-state index contributed by atoms with van der Waals surface area (Å²) < 4.78 is 4.94. The number of aromatic nitrogens is 1. The third kappa shape index (κ3) is 2.23. The van der Waals surface area contributed by atoms with Crippen LogP contribution in [0.3, 0.4) is 0 Å². The maximum Gasteiger partial charge on any atom is 0.326 e. The molecule has 2 saturated carbocycles. The van der Waals surface area contributed by atoms with Gasteiger partial charge in [-0.15, -0.1) is 11.8 Å². The summed E-state index contributed by atoms with van der Waals surface area (Å²) in [5.41, 5.74) is -0.225. The minimum absolute atomic E-state index is 0.0501. The van der Waals surface area contributed by atoms with Crippen LogP contribution in [-0.2, 0) is 24.5 Å². The first-order valence-corrected chi connectivity index (χ1v) is 11.4. The van der Waals surface area contributed by atoms with E-state index in [4.69, 9.17) is 4.74 Å². The third-order valence-corrected chi connectivity index (χ3v) is 9.88. The van der Waals surface area contributed by atoms with Crippen molar-refractivity contribution in [3.8, 4) is 0 Å². The van der Waals surface area contributed by atoms with Crippen LogP contribution in [0.4, 0.5) is 0 Å². The van der Waals surface area contributed by atoms with Gasteiger partial charge < -0.3 is 9.72 Å². The van der Waals surface area contributed by atoms with Crippen molar-refractivity contribution in [1.29, 1.82) is 0 Å². The van der Waals surface area contributed by atoms with Crippen molar-refractivity contribution in [2.45, 2.75) is 42.9 Å². The summed E-state index contributed by atoms with van der Waals surface area (Å²) in [5.74, 6) is -1.22. The number of thioether (sulfide) groups is 1. The molecule has 0 aromatic carbocycles. The zero-order chi connectivity index (χ0) is 20.0. The molecule has 9 heteroatoms. The molecular formula is C19H22N2O5S2. The zero-order valence-corrected chi connectivity index (χ0v) is 17.5. The number of rotatable bonds is 3. The third-order valence-electron chi connectivity index (χ3n) is 7.07. The number of fused-ring (bicyclic) bond motifs is 9. The minimum atomic E-state index is -0.539. The summed E-state index contributed by atoms with van der Waals surface area (Å²) in [7, 11) is 0. The molecule has 2 aliphatic carbocycles. The van der Waals surface area contributed by atoms with Gasteiger partial charge in [0.25, 0.3) is 0 Å². The molecule has 3 fully saturated rings. The number of ether oxygens (including phenoxy) is 1. The minimum Gasteiger partial charge on any atom is -0.465 e. The predicted molar refractivity (Wildman–Crippen MR) is 103 cm³/mol. The Kier molecular flexibility index (Phi) is 3.91. The first kappa shape index (κ1) is 18.4. The number of hydrogen-bond donors (Lipinski definition) is 1. The highest BCUT2D eigenvalue weighted by molar-refractivity contribution is 8.00. The maximum absolute atomic E-state index is 13.1. The molecule has 2 amide bonds. The molecule has 0 spiro atoms. The molecule has 1 aromatic heterocycles. The van der Waals surface area contributed by atoms with Crippen LogP contribution in [0.25, 0.3) is 0 Å². The van der Waals surface area contributed by atoms with Crippen LogP contribution in [0.2, 0.25) is 0 Å². The number of esters is 1. The van der Waals surface area contributed by atoms with Crippen molar-refractivity contribution in [2.24, 2.45) is 29.6 Å². The summed E-state index contributed by atoms with van der Waals surface area (Å²) in [5, 5.41) is 1.13. The first-order chi connectivity index (χ1) is 13.3. The van der Waals surface area contributed by atoms with Gasteiger partial charge in [-0.3, -0.25) is 24.1 Å².